The molecule has 2 rings (SSSR count). The number of benzene rings is 1. The largest absolute Gasteiger partial charge is 0.494 e. The molecule has 128 valence electrons. The number of nitrogens with one attached hydrogen (secondary N) is 1. The predicted molar refractivity (Wildman–Crippen MR) is 88.6 cm³/mol. The first kappa shape index (κ1) is 17.9. The Morgan fingerprint density at radius 1 is 1.29 bits per heavy atom. The van der Waals surface area contributed by atoms with Crippen LogP contribution in [0.25, 0.3) is 0 Å². The Hall–Kier alpha value is -2.41. The average Bonchev–Trinajstić information content (AvgIpc) is 3.11. The number of hydrogen-bond acceptors (Lipinski definition) is 5. The summed E-state index contributed by atoms with van der Waals surface area (Å²) in [5.74, 6) is -0.900. The van der Waals surface area contributed by atoms with Crippen LogP contribution in [0.5, 0.6) is 5.75 Å². The quantitative estimate of drug-likeness (QED) is 0.586. The van der Waals surface area contributed by atoms with Gasteiger partial charge in [0.15, 0.2) is 11.6 Å². The van der Waals surface area contributed by atoms with Gasteiger partial charge in [-0.25, -0.2) is 4.39 Å². The molecule has 0 bridgehead atoms. The number of carbonyl (C=O) groups excluding carboxylic acids is 2. The summed E-state index contributed by atoms with van der Waals surface area (Å²) in [5.41, 5.74) is 1.16. The third-order valence-electron chi connectivity index (χ3n) is 3.24. The molecule has 1 amide bonds. The lowest BCUT2D eigenvalue weighted by Gasteiger charge is -2.07. The lowest BCUT2D eigenvalue weighted by atomic mass is 10.2. The lowest BCUT2D eigenvalue weighted by molar-refractivity contribution is -0.145. The van der Waals surface area contributed by atoms with Crippen LogP contribution in [-0.4, -0.2) is 25.5 Å². The summed E-state index contributed by atoms with van der Waals surface area (Å²) in [6.45, 7) is 0.391. The molecule has 7 heteroatoms. The van der Waals surface area contributed by atoms with Crippen molar-refractivity contribution in [3.05, 3.63) is 52.0 Å². The highest BCUT2D eigenvalue weighted by molar-refractivity contribution is 7.08. The Morgan fingerprint density at radius 3 is 2.79 bits per heavy atom. The highest BCUT2D eigenvalue weighted by Crippen LogP contribution is 2.18. The number of ether oxygens (including phenoxy) is 2. The molecule has 0 atom stereocenters. The SMILES string of the molecule is COc1ccc(COC(=O)CCCNC(=O)c2ccsc2)cc1F. The molecule has 0 aliphatic rings. The van der Waals surface area contributed by atoms with Crippen LogP contribution in [0.3, 0.4) is 0 Å². The van der Waals surface area contributed by atoms with Crippen molar-refractivity contribution < 1.29 is 23.5 Å². The summed E-state index contributed by atoms with van der Waals surface area (Å²) in [7, 11) is 1.38. The summed E-state index contributed by atoms with van der Waals surface area (Å²) in [6.07, 6.45) is 0.661. The maximum Gasteiger partial charge on any atom is 0.306 e. The van der Waals surface area contributed by atoms with Gasteiger partial charge in [0.2, 0.25) is 0 Å². The Morgan fingerprint density at radius 2 is 2.12 bits per heavy atom. The highest BCUT2D eigenvalue weighted by Gasteiger charge is 2.08. The molecule has 1 aromatic carbocycles. The van der Waals surface area contributed by atoms with Gasteiger partial charge < -0.3 is 14.8 Å². The summed E-state index contributed by atoms with van der Waals surface area (Å²) in [5, 5.41) is 6.32. The van der Waals surface area contributed by atoms with Gasteiger partial charge in [0, 0.05) is 23.9 Å². The molecule has 0 saturated carbocycles. The Labute approximate surface area is 143 Å². The van der Waals surface area contributed by atoms with E-state index in [1.54, 1.807) is 17.5 Å². The summed E-state index contributed by atoms with van der Waals surface area (Å²) < 4.78 is 23.4. The molecule has 0 saturated heterocycles. The van der Waals surface area contributed by atoms with E-state index in [4.69, 9.17) is 9.47 Å². The minimum Gasteiger partial charge on any atom is -0.494 e. The van der Waals surface area contributed by atoms with E-state index in [1.807, 2.05) is 5.38 Å². The molecular weight excluding hydrogens is 333 g/mol. The van der Waals surface area contributed by atoms with E-state index in [2.05, 4.69) is 5.32 Å². The zero-order valence-corrected chi connectivity index (χ0v) is 14.0. The van der Waals surface area contributed by atoms with Crippen molar-refractivity contribution in [3.63, 3.8) is 0 Å². The first-order valence-corrected chi connectivity index (χ1v) is 8.33. The van der Waals surface area contributed by atoms with Gasteiger partial charge in [-0.2, -0.15) is 11.3 Å². The third-order valence-corrected chi connectivity index (χ3v) is 3.93. The van der Waals surface area contributed by atoms with E-state index in [0.29, 0.717) is 24.1 Å². The zero-order valence-electron chi connectivity index (χ0n) is 13.2. The van der Waals surface area contributed by atoms with Gasteiger partial charge in [0.25, 0.3) is 5.91 Å². The molecule has 0 aliphatic heterocycles. The number of hydrogen-bond donors (Lipinski definition) is 1. The molecule has 0 unspecified atom stereocenters. The Balaban J connectivity index is 1.65. The van der Waals surface area contributed by atoms with Crippen molar-refractivity contribution in [3.8, 4) is 5.75 Å². The zero-order chi connectivity index (χ0) is 17.4. The molecule has 24 heavy (non-hydrogen) atoms. The van der Waals surface area contributed by atoms with Crippen molar-refractivity contribution in [2.75, 3.05) is 13.7 Å². The van der Waals surface area contributed by atoms with E-state index in [-0.39, 0.29) is 24.7 Å². The van der Waals surface area contributed by atoms with Crippen LogP contribution in [0.1, 0.15) is 28.8 Å². The normalized spacial score (nSPS) is 10.2. The third kappa shape index (κ3) is 5.34. The number of amides is 1. The Bertz CT molecular complexity index is 688. The van der Waals surface area contributed by atoms with Crippen LogP contribution >= 0.6 is 11.3 Å². The van der Waals surface area contributed by atoms with Crippen LogP contribution < -0.4 is 10.1 Å². The standard InChI is InChI=1S/C17H18FNO4S/c1-22-15-5-4-12(9-14(15)18)10-23-16(20)3-2-7-19-17(21)13-6-8-24-11-13/h4-6,8-9,11H,2-3,7,10H2,1H3,(H,19,21). The molecule has 0 aliphatic carbocycles. The van der Waals surface area contributed by atoms with Crippen LogP contribution in [0, 0.1) is 5.82 Å². The number of carbonyl (C=O) groups is 2. The average molecular weight is 351 g/mol. The van der Waals surface area contributed by atoms with Crippen LogP contribution in [0.4, 0.5) is 4.39 Å². The molecule has 5 nitrogen and oxygen atoms in total. The first-order chi connectivity index (χ1) is 11.6. The molecule has 1 N–H and O–H groups in total. The highest BCUT2D eigenvalue weighted by atomic mass is 32.1. The second-order valence-corrected chi connectivity index (χ2v) is 5.78. The van der Waals surface area contributed by atoms with E-state index in [1.165, 1.54) is 30.6 Å². The molecule has 0 radical (unpaired) electrons. The van der Waals surface area contributed by atoms with Gasteiger partial charge in [0.05, 0.1) is 7.11 Å². The summed E-state index contributed by atoms with van der Waals surface area (Å²) in [4.78, 5) is 23.3. The van der Waals surface area contributed by atoms with E-state index < -0.39 is 11.8 Å². The molecular formula is C17H18FNO4S. The number of rotatable bonds is 8. The van der Waals surface area contributed by atoms with Gasteiger partial charge in [-0.05, 0) is 35.6 Å². The topological polar surface area (TPSA) is 64.6 Å². The monoisotopic (exact) mass is 351 g/mol. The second kappa shape index (κ2) is 9.02. The molecule has 2 aromatic rings. The maximum atomic E-state index is 13.5. The number of thiophene rings is 1. The summed E-state index contributed by atoms with van der Waals surface area (Å²) in [6, 6.07) is 6.13. The van der Waals surface area contributed by atoms with E-state index in [0.717, 1.165) is 0 Å². The van der Waals surface area contributed by atoms with Gasteiger partial charge in [-0.3, -0.25) is 9.59 Å². The second-order valence-electron chi connectivity index (χ2n) is 5.00. The predicted octanol–water partition coefficient (Wildman–Crippen LogP) is 3.15. The number of esters is 1. The van der Waals surface area contributed by atoms with Gasteiger partial charge in [-0.1, -0.05) is 6.07 Å². The van der Waals surface area contributed by atoms with Crippen molar-refractivity contribution >= 4 is 23.2 Å². The molecule has 0 spiro atoms. The van der Waals surface area contributed by atoms with Gasteiger partial charge in [0.1, 0.15) is 6.61 Å². The lowest BCUT2D eigenvalue weighted by Crippen LogP contribution is -2.24. The summed E-state index contributed by atoms with van der Waals surface area (Å²) >= 11 is 1.45. The number of methoxy groups -OCH3 is 1. The van der Waals surface area contributed by atoms with Crippen molar-refractivity contribution in [2.24, 2.45) is 0 Å². The van der Waals surface area contributed by atoms with E-state index >= 15 is 0 Å². The van der Waals surface area contributed by atoms with Gasteiger partial charge in [-0.15, -0.1) is 0 Å². The minimum absolute atomic E-state index is 0.00100. The minimum atomic E-state index is -0.498. The first-order valence-electron chi connectivity index (χ1n) is 7.38. The molecule has 0 fully saturated rings. The maximum absolute atomic E-state index is 13.5. The van der Waals surface area contributed by atoms with Crippen molar-refractivity contribution in [1.82, 2.24) is 5.32 Å². The van der Waals surface area contributed by atoms with Crippen LogP contribution in [-0.2, 0) is 16.1 Å². The van der Waals surface area contributed by atoms with E-state index in [9.17, 15) is 14.0 Å². The van der Waals surface area contributed by atoms with Crippen LogP contribution in [0.15, 0.2) is 35.0 Å². The van der Waals surface area contributed by atoms with Crippen molar-refractivity contribution in [1.29, 1.82) is 0 Å². The smallest absolute Gasteiger partial charge is 0.306 e. The van der Waals surface area contributed by atoms with Crippen LogP contribution in [0.2, 0.25) is 0 Å². The fourth-order valence-electron chi connectivity index (χ4n) is 1.97. The van der Waals surface area contributed by atoms with Gasteiger partial charge >= 0.3 is 5.97 Å². The Kier molecular flexibility index (Phi) is 6.74. The molecule has 1 heterocycles. The fraction of sp³-hybridized carbons (Fsp3) is 0.294. The fourth-order valence-corrected chi connectivity index (χ4v) is 2.60. The number of halogens is 1. The van der Waals surface area contributed by atoms with Crippen molar-refractivity contribution in [2.45, 2.75) is 19.4 Å². The molecule has 1 aromatic heterocycles.